The van der Waals surface area contributed by atoms with Gasteiger partial charge in [0.05, 0.1) is 11.1 Å². The van der Waals surface area contributed by atoms with E-state index in [0.717, 1.165) is 32.7 Å². The Morgan fingerprint density at radius 1 is 0.408 bits per heavy atom. The quantitative estimate of drug-likeness (QED) is 0.181. The van der Waals surface area contributed by atoms with Crippen molar-refractivity contribution < 1.29 is 35.3 Å². The van der Waals surface area contributed by atoms with Gasteiger partial charge in [-0.05, 0) is 48.5 Å². The Hall–Kier alpha value is -5.68. The van der Waals surface area contributed by atoms with E-state index in [4.69, 9.17) is 35.3 Å². The molecule has 10 heteroatoms. The Labute approximate surface area is 281 Å². The topological polar surface area (TPSA) is 89.5 Å². The first-order chi connectivity index (χ1) is 24.2. The fraction of sp³-hybridized carbons (Fsp3) is 0.0769. The summed E-state index contributed by atoms with van der Waals surface area (Å²) in [6.45, 7) is 0.652. The van der Waals surface area contributed by atoms with Crippen molar-refractivity contribution in [3.63, 3.8) is 0 Å². The summed E-state index contributed by atoms with van der Waals surface area (Å²) >= 11 is 0. The van der Waals surface area contributed by atoms with Gasteiger partial charge in [0.2, 0.25) is 0 Å². The van der Waals surface area contributed by atoms with Gasteiger partial charge in [-0.15, -0.1) is 0 Å². The Morgan fingerprint density at radius 3 is 1.12 bits per heavy atom. The van der Waals surface area contributed by atoms with Crippen molar-refractivity contribution in [2.75, 3.05) is 13.2 Å². The van der Waals surface area contributed by atoms with E-state index in [1.165, 1.54) is 0 Å². The first-order valence-corrected chi connectivity index (χ1v) is 18.0. The van der Waals surface area contributed by atoms with Crippen molar-refractivity contribution in [2.24, 2.45) is 0 Å². The van der Waals surface area contributed by atoms with Crippen molar-refractivity contribution in [2.45, 2.75) is 5.41 Å². The Morgan fingerprint density at radius 2 is 0.755 bits per heavy atom. The Bertz CT molecular complexity index is 2360. The molecule has 0 fully saturated rings. The van der Waals surface area contributed by atoms with Gasteiger partial charge in [-0.2, -0.15) is 0 Å². The molecular weight excluding hydrogens is 658 g/mol. The molecule has 0 N–H and O–H groups in total. The average molecular weight is 685 g/mol. The maximum absolute atomic E-state index is 6.68. The molecule has 240 valence electrons. The molecule has 0 atom stereocenters. The van der Waals surface area contributed by atoms with Crippen LogP contribution in [0.3, 0.4) is 0 Å². The molecule has 0 aliphatic carbocycles. The molecule has 0 radical (unpaired) electrons. The molecular formula is C39H26O8P2. The summed E-state index contributed by atoms with van der Waals surface area (Å²) in [6, 6.07) is 43.1. The van der Waals surface area contributed by atoms with Gasteiger partial charge >= 0.3 is 16.5 Å². The molecule has 2 aliphatic rings. The summed E-state index contributed by atoms with van der Waals surface area (Å²) in [7, 11) is -3.78. The van der Waals surface area contributed by atoms with Crippen LogP contribution in [0.1, 0.15) is 11.1 Å². The second-order valence-electron chi connectivity index (χ2n) is 11.9. The van der Waals surface area contributed by atoms with E-state index in [-0.39, 0.29) is 0 Å². The highest BCUT2D eigenvalue weighted by molar-refractivity contribution is 7.32. The molecule has 2 aromatic heterocycles. The van der Waals surface area contributed by atoms with Crippen LogP contribution in [0.4, 0.5) is 0 Å². The molecule has 1 spiro atoms. The van der Waals surface area contributed by atoms with Crippen LogP contribution < -0.4 is 18.5 Å². The largest absolute Gasteiger partial charge is 0.492 e. The van der Waals surface area contributed by atoms with Crippen molar-refractivity contribution in [3.05, 3.63) is 145 Å². The molecule has 49 heavy (non-hydrogen) atoms. The normalized spacial score (nSPS) is 14.0. The zero-order valence-electron chi connectivity index (χ0n) is 25.8. The number of rotatable bonds is 4. The first-order valence-electron chi connectivity index (χ1n) is 15.8. The van der Waals surface area contributed by atoms with Gasteiger partial charge in [0, 0.05) is 21.5 Å². The number of fused-ring (bicyclic) bond motifs is 10. The number of para-hydroxylation sites is 4. The number of ether oxygens (including phenoxy) is 2. The first kappa shape index (κ1) is 28.3. The van der Waals surface area contributed by atoms with Crippen LogP contribution in [0.5, 0.6) is 23.0 Å². The van der Waals surface area contributed by atoms with Crippen molar-refractivity contribution >= 4 is 60.4 Å². The summed E-state index contributed by atoms with van der Waals surface area (Å²) in [5.74, 6) is 2.56. The van der Waals surface area contributed by atoms with Gasteiger partial charge in [-0.1, -0.05) is 84.9 Å². The minimum Gasteiger partial charge on any atom is -0.492 e. The van der Waals surface area contributed by atoms with Crippen LogP contribution in [0.25, 0.3) is 43.9 Å². The van der Waals surface area contributed by atoms with Crippen LogP contribution >= 0.6 is 16.5 Å². The Kier molecular flexibility index (Phi) is 6.48. The number of hydrogen-bond donors (Lipinski definition) is 0. The Balaban J connectivity index is 1.12. The second-order valence-corrected chi connectivity index (χ2v) is 13.9. The van der Waals surface area contributed by atoms with E-state index in [2.05, 4.69) is 0 Å². The third kappa shape index (κ3) is 4.60. The van der Waals surface area contributed by atoms with Crippen molar-refractivity contribution in [1.82, 2.24) is 0 Å². The smallest absolute Gasteiger partial charge is 0.453 e. The summed E-state index contributed by atoms with van der Waals surface area (Å²) in [5, 5.41) is 3.78. The van der Waals surface area contributed by atoms with Gasteiger partial charge in [-0.3, -0.25) is 0 Å². The maximum atomic E-state index is 6.68. The van der Waals surface area contributed by atoms with E-state index >= 15 is 0 Å². The van der Waals surface area contributed by atoms with Crippen molar-refractivity contribution in [3.8, 4) is 23.0 Å². The zero-order chi connectivity index (χ0) is 32.4. The third-order valence-electron chi connectivity index (χ3n) is 9.05. The van der Waals surface area contributed by atoms with E-state index < -0.39 is 21.9 Å². The molecule has 0 amide bonds. The molecule has 8 nitrogen and oxygen atoms in total. The highest BCUT2D eigenvalue weighted by Gasteiger charge is 2.53. The van der Waals surface area contributed by atoms with Crippen LogP contribution in [-0.2, 0) is 5.41 Å². The summed E-state index contributed by atoms with van der Waals surface area (Å²) in [6.07, 6.45) is 0. The van der Waals surface area contributed by atoms with E-state index in [1.54, 1.807) is 0 Å². The third-order valence-corrected chi connectivity index (χ3v) is 11.1. The monoisotopic (exact) mass is 684 g/mol. The molecule has 6 aromatic carbocycles. The lowest BCUT2D eigenvalue weighted by Crippen LogP contribution is -2.31. The summed E-state index contributed by atoms with van der Waals surface area (Å²) < 4.78 is 51.7. The van der Waals surface area contributed by atoms with Crippen molar-refractivity contribution in [1.29, 1.82) is 0 Å². The lowest BCUT2D eigenvalue weighted by molar-refractivity contribution is 0.236. The zero-order valence-corrected chi connectivity index (χ0v) is 27.6. The molecule has 4 heterocycles. The minimum absolute atomic E-state index is 0.326. The van der Waals surface area contributed by atoms with Crippen LogP contribution in [-0.4, -0.2) is 13.2 Å². The average Bonchev–Trinajstić information content (AvgIpc) is 3.60. The number of benzene rings is 6. The fourth-order valence-electron chi connectivity index (χ4n) is 6.88. The molecule has 0 bridgehead atoms. The second kappa shape index (κ2) is 11.2. The highest BCUT2D eigenvalue weighted by atomic mass is 31.1. The molecule has 0 saturated heterocycles. The predicted molar refractivity (Wildman–Crippen MR) is 189 cm³/mol. The number of hydrogen-bond acceptors (Lipinski definition) is 8. The molecule has 0 unspecified atom stereocenters. The minimum atomic E-state index is -1.89. The SMILES string of the molecule is c1cc2c(c(Op3oc4ccccc4c4ccccc4o3)c1)C1(CO2)COc2cccc(Op3oc4ccccc4c4ccccc4o3)c21. The van der Waals surface area contributed by atoms with Crippen LogP contribution in [0.2, 0.25) is 0 Å². The lowest BCUT2D eigenvalue weighted by atomic mass is 9.77. The molecule has 0 saturated carbocycles. The summed E-state index contributed by atoms with van der Waals surface area (Å²) in [5.41, 5.74) is 3.71. The highest BCUT2D eigenvalue weighted by Crippen LogP contribution is 2.58. The van der Waals surface area contributed by atoms with Gasteiger partial charge in [0.1, 0.15) is 64.0 Å². The van der Waals surface area contributed by atoms with Gasteiger partial charge in [0.25, 0.3) is 0 Å². The fourth-order valence-corrected chi connectivity index (χ4v) is 9.01. The van der Waals surface area contributed by atoms with E-state index in [0.29, 0.717) is 58.5 Å². The van der Waals surface area contributed by atoms with E-state index in [9.17, 15) is 0 Å². The molecule has 8 aromatic rings. The molecule has 2 aliphatic heterocycles. The van der Waals surface area contributed by atoms with Crippen LogP contribution in [0.15, 0.2) is 150 Å². The summed E-state index contributed by atoms with van der Waals surface area (Å²) in [4.78, 5) is 0. The predicted octanol–water partition coefficient (Wildman–Crippen LogP) is 11.6. The molecule has 10 rings (SSSR count). The standard InChI is InChI=1S/C39H26O8P2/c1-5-15-29-25(11-1)26-12-2-6-16-30(26)43-48(42-29)46-35-21-9-19-33-37(35)39(23-40-33)24-41-34-20-10-22-36(38(34)39)47-49-44-31-17-7-3-13-27(31)28-14-4-8-18-32(28)45-49/h1-22H,23-24H2. The lowest BCUT2D eigenvalue weighted by Gasteiger charge is -2.23. The van der Waals surface area contributed by atoms with Gasteiger partial charge < -0.3 is 35.3 Å². The van der Waals surface area contributed by atoms with Gasteiger partial charge in [0.15, 0.2) is 0 Å². The van der Waals surface area contributed by atoms with E-state index in [1.807, 2.05) is 133 Å². The maximum Gasteiger partial charge on any atom is 0.453 e. The van der Waals surface area contributed by atoms with Gasteiger partial charge in [-0.25, -0.2) is 0 Å². The van der Waals surface area contributed by atoms with Crippen LogP contribution in [0, 0.1) is 0 Å².